The average Bonchev–Trinajstić information content (AvgIpc) is 2.86. The van der Waals surface area contributed by atoms with E-state index < -0.39 is 0 Å². The molecule has 1 N–H and O–H groups in total. The van der Waals surface area contributed by atoms with Crippen LogP contribution in [0.1, 0.15) is 30.8 Å². The summed E-state index contributed by atoms with van der Waals surface area (Å²) in [5.74, 6) is 1.03. The van der Waals surface area contributed by atoms with Crippen LogP contribution in [0.4, 0.5) is 0 Å². The minimum Gasteiger partial charge on any atom is -0.393 e. The van der Waals surface area contributed by atoms with Gasteiger partial charge in [-0.3, -0.25) is 0 Å². The molecule has 1 fully saturated rings. The number of hydrogen-bond acceptors (Lipinski definition) is 3. The number of aryl methyl sites for hydroxylation is 1. The van der Waals surface area contributed by atoms with Crippen LogP contribution in [0.2, 0.25) is 0 Å². The number of nitrogens with zero attached hydrogens (tertiary/aromatic N) is 2. The van der Waals surface area contributed by atoms with Crippen molar-refractivity contribution in [3.05, 3.63) is 17.7 Å². The number of ether oxygens (including phenoxy) is 1. The Morgan fingerprint density at radius 3 is 3.25 bits per heavy atom. The summed E-state index contributed by atoms with van der Waals surface area (Å²) in [6, 6.07) is 0. The molecule has 16 heavy (non-hydrogen) atoms. The quantitative estimate of drug-likeness (QED) is 0.809. The minimum atomic E-state index is -0.203. The molecule has 1 aromatic rings. The predicted octanol–water partition coefficient (Wildman–Crippen LogP) is 0.912. The topological polar surface area (TPSA) is 47.3 Å². The lowest BCUT2D eigenvalue weighted by Gasteiger charge is -2.18. The molecule has 4 heteroatoms. The van der Waals surface area contributed by atoms with Crippen LogP contribution in [0.3, 0.4) is 0 Å². The summed E-state index contributed by atoms with van der Waals surface area (Å²) in [5, 5.41) is 9.57. The Morgan fingerprint density at radius 2 is 2.44 bits per heavy atom. The molecule has 0 aromatic carbocycles. The summed E-state index contributed by atoms with van der Waals surface area (Å²) in [6.45, 7) is 1.80. The van der Waals surface area contributed by atoms with Crippen LogP contribution in [-0.4, -0.2) is 33.5 Å². The predicted molar refractivity (Wildman–Crippen MR) is 59.2 cm³/mol. The second-order valence-electron chi connectivity index (χ2n) is 4.83. The summed E-state index contributed by atoms with van der Waals surface area (Å²) < 4.78 is 7.79. The van der Waals surface area contributed by atoms with Gasteiger partial charge in [0, 0.05) is 32.2 Å². The third-order valence-corrected chi connectivity index (χ3v) is 3.49. The summed E-state index contributed by atoms with van der Waals surface area (Å²) in [4.78, 5) is 4.59. The van der Waals surface area contributed by atoms with Gasteiger partial charge in [-0.1, -0.05) is 0 Å². The molecule has 2 atom stereocenters. The van der Waals surface area contributed by atoms with Gasteiger partial charge in [0.1, 0.15) is 5.82 Å². The van der Waals surface area contributed by atoms with Crippen molar-refractivity contribution in [2.75, 3.05) is 6.61 Å². The summed E-state index contributed by atoms with van der Waals surface area (Å²) in [5.41, 5.74) is 1.12. The van der Waals surface area contributed by atoms with Crippen LogP contribution in [0, 0.1) is 0 Å². The maximum atomic E-state index is 9.57. The highest BCUT2D eigenvalue weighted by Crippen LogP contribution is 2.19. The Balaban J connectivity index is 1.71. The molecule has 4 nitrogen and oxygen atoms in total. The molecule has 0 aliphatic carbocycles. The number of rotatable bonds is 2. The van der Waals surface area contributed by atoms with E-state index in [0.717, 1.165) is 43.9 Å². The molecule has 0 saturated carbocycles. The Labute approximate surface area is 95.3 Å². The van der Waals surface area contributed by atoms with Crippen LogP contribution in [0.5, 0.6) is 0 Å². The van der Waals surface area contributed by atoms with Crippen molar-refractivity contribution in [3.63, 3.8) is 0 Å². The van der Waals surface area contributed by atoms with Gasteiger partial charge in [0.05, 0.1) is 17.9 Å². The van der Waals surface area contributed by atoms with Gasteiger partial charge in [-0.2, -0.15) is 0 Å². The normalized spacial score (nSPS) is 29.3. The van der Waals surface area contributed by atoms with Crippen LogP contribution in [0.25, 0.3) is 0 Å². The Bertz CT molecular complexity index is 369. The summed E-state index contributed by atoms with van der Waals surface area (Å²) >= 11 is 0. The first-order valence-corrected chi connectivity index (χ1v) is 6.16. The molecule has 3 heterocycles. The Kier molecular flexibility index (Phi) is 2.69. The molecule has 0 bridgehead atoms. The molecule has 1 saturated heterocycles. The molecule has 2 unspecified atom stereocenters. The lowest BCUT2D eigenvalue weighted by Crippen LogP contribution is -2.22. The first-order valence-electron chi connectivity index (χ1n) is 6.16. The van der Waals surface area contributed by atoms with Gasteiger partial charge >= 0.3 is 0 Å². The lowest BCUT2D eigenvalue weighted by molar-refractivity contribution is 0.110. The van der Waals surface area contributed by atoms with Gasteiger partial charge in [-0.25, -0.2) is 4.98 Å². The van der Waals surface area contributed by atoms with Crippen LogP contribution < -0.4 is 0 Å². The molecular weight excluding hydrogens is 204 g/mol. The zero-order valence-corrected chi connectivity index (χ0v) is 9.43. The van der Waals surface area contributed by atoms with E-state index in [4.69, 9.17) is 4.74 Å². The second-order valence-corrected chi connectivity index (χ2v) is 4.83. The third-order valence-electron chi connectivity index (χ3n) is 3.49. The van der Waals surface area contributed by atoms with Crippen molar-refractivity contribution in [1.82, 2.24) is 9.55 Å². The maximum absolute atomic E-state index is 9.57. The monoisotopic (exact) mass is 222 g/mol. The van der Waals surface area contributed by atoms with Crippen molar-refractivity contribution >= 4 is 0 Å². The highest BCUT2D eigenvalue weighted by Gasteiger charge is 2.21. The van der Waals surface area contributed by atoms with E-state index in [9.17, 15) is 5.11 Å². The fraction of sp³-hybridized carbons (Fsp3) is 0.750. The van der Waals surface area contributed by atoms with E-state index >= 15 is 0 Å². The average molecular weight is 222 g/mol. The van der Waals surface area contributed by atoms with Gasteiger partial charge in [-0.05, 0) is 19.3 Å². The Morgan fingerprint density at radius 1 is 1.50 bits per heavy atom. The van der Waals surface area contributed by atoms with E-state index in [1.165, 1.54) is 6.42 Å². The number of hydrogen-bond donors (Lipinski definition) is 1. The fourth-order valence-corrected chi connectivity index (χ4v) is 2.61. The maximum Gasteiger partial charge on any atom is 0.111 e. The van der Waals surface area contributed by atoms with E-state index in [1.807, 2.05) is 0 Å². The molecule has 2 aliphatic heterocycles. The molecule has 0 amide bonds. The largest absolute Gasteiger partial charge is 0.393 e. The molecular formula is C12H18N2O2. The first-order chi connectivity index (χ1) is 7.81. The van der Waals surface area contributed by atoms with Crippen molar-refractivity contribution in [2.45, 2.75) is 50.9 Å². The standard InChI is InChI=1S/C12H18N2O2/c15-10-3-4-14-8-9(13-12(14)7-10)6-11-2-1-5-16-11/h8,10-11,15H,1-7H2. The van der Waals surface area contributed by atoms with Crippen molar-refractivity contribution in [1.29, 1.82) is 0 Å². The van der Waals surface area contributed by atoms with Crippen LogP contribution >= 0.6 is 0 Å². The van der Waals surface area contributed by atoms with Gasteiger partial charge < -0.3 is 14.4 Å². The van der Waals surface area contributed by atoms with Gasteiger partial charge in [-0.15, -0.1) is 0 Å². The van der Waals surface area contributed by atoms with E-state index in [0.29, 0.717) is 12.5 Å². The highest BCUT2D eigenvalue weighted by atomic mass is 16.5. The van der Waals surface area contributed by atoms with E-state index in [2.05, 4.69) is 15.7 Å². The van der Waals surface area contributed by atoms with E-state index in [1.54, 1.807) is 0 Å². The highest BCUT2D eigenvalue weighted by molar-refractivity contribution is 5.08. The molecule has 88 valence electrons. The third kappa shape index (κ3) is 1.99. The fourth-order valence-electron chi connectivity index (χ4n) is 2.61. The Hall–Kier alpha value is -0.870. The smallest absolute Gasteiger partial charge is 0.111 e. The number of imidazole rings is 1. The minimum absolute atomic E-state index is 0.203. The van der Waals surface area contributed by atoms with Crippen molar-refractivity contribution in [3.8, 4) is 0 Å². The van der Waals surface area contributed by atoms with Gasteiger partial charge in [0.25, 0.3) is 0 Å². The van der Waals surface area contributed by atoms with Crippen molar-refractivity contribution < 1.29 is 9.84 Å². The van der Waals surface area contributed by atoms with E-state index in [-0.39, 0.29) is 6.10 Å². The van der Waals surface area contributed by atoms with Gasteiger partial charge in [0.15, 0.2) is 0 Å². The molecule has 3 rings (SSSR count). The van der Waals surface area contributed by atoms with Gasteiger partial charge in [0.2, 0.25) is 0 Å². The molecule has 1 aromatic heterocycles. The second kappa shape index (κ2) is 4.18. The number of aliphatic hydroxyl groups excluding tert-OH is 1. The first kappa shape index (κ1) is 10.3. The lowest BCUT2D eigenvalue weighted by atomic mass is 10.1. The van der Waals surface area contributed by atoms with Crippen LogP contribution in [-0.2, 0) is 24.1 Å². The van der Waals surface area contributed by atoms with Crippen LogP contribution in [0.15, 0.2) is 6.20 Å². The summed E-state index contributed by atoms with van der Waals surface area (Å²) in [6.07, 6.45) is 7.10. The molecule has 2 aliphatic rings. The molecule has 0 spiro atoms. The number of fused-ring (bicyclic) bond motifs is 1. The number of aliphatic hydroxyl groups is 1. The molecule has 0 radical (unpaired) electrons. The zero-order chi connectivity index (χ0) is 11.0. The summed E-state index contributed by atoms with van der Waals surface area (Å²) in [7, 11) is 0. The number of aromatic nitrogens is 2. The van der Waals surface area contributed by atoms with Crippen molar-refractivity contribution in [2.24, 2.45) is 0 Å². The SMILES string of the molecule is OC1CCn2cc(CC3CCCO3)nc2C1. The zero-order valence-electron chi connectivity index (χ0n) is 9.43.